The summed E-state index contributed by atoms with van der Waals surface area (Å²) in [5.41, 5.74) is 1.90. The lowest BCUT2D eigenvalue weighted by Crippen LogP contribution is -2.59. The van der Waals surface area contributed by atoms with Gasteiger partial charge in [0.05, 0.1) is 12.6 Å². The number of amides is 1. The fourth-order valence-corrected chi connectivity index (χ4v) is 4.72. The minimum absolute atomic E-state index is 0.0204. The molecule has 0 radical (unpaired) electrons. The van der Waals surface area contributed by atoms with E-state index in [1.807, 2.05) is 53.4 Å². The van der Waals surface area contributed by atoms with Crippen molar-refractivity contribution in [1.29, 1.82) is 0 Å². The second kappa shape index (κ2) is 9.38. The van der Waals surface area contributed by atoms with Crippen LogP contribution in [0.2, 0.25) is 0 Å². The molecule has 5 rings (SSSR count). The number of hydrogen-bond acceptors (Lipinski definition) is 3. The Labute approximate surface area is 172 Å². The molecule has 152 valence electrons. The Hall–Kier alpha value is -2.43. The average molecular weight is 392 g/mol. The number of ether oxygens (including phenoxy) is 1. The number of aliphatic hydroxyl groups is 1. The van der Waals surface area contributed by atoms with Crippen molar-refractivity contribution in [2.45, 2.75) is 38.0 Å². The van der Waals surface area contributed by atoms with E-state index in [-0.39, 0.29) is 30.5 Å². The summed E-state index contributed by atoms with van der Waals surface area (Å²) in [5, 5.41) is 9.83. The lowest BCUT2D eigenvalue weighted by Gasteiger charge is -2.51. The maximum Gasteiger partial charge on any atom is 0.254 e. The first kappa shape index (κ1) is 19.9. The fourth-order valence-electron chi connectivity index (χ4n) is 4.72. The lowest BCUT2D eigenvalue weighted by atomic mass is 9.72. The zero-order valence-electron chi connectivity index (χ0n) is 16.7. The molecule has 2 aliphatic heterocycles. The summed E-state index contributed by atoms with van der Waals surface area (Å²) in [6, 6.07) is 19.8. The molecule has 29 heavy (non-hydrogen) atoms. The van der Waals surface area contributed by atoms with E-state index in [4.69, 9.17) is 4.74 Å². The molecule has 2 bridgehead atoms. The van der Waals surface area contributed by atoms with Gasteiger partial charge in [-0.3, -0.25) is 4.79 Å². The molecule has 1 amide bonds. The molecule has 4 atom stereocenters. The molecular weight excluding hydrogens is 362 g/mol. The van der Waals surface area contributed by atoms with E-state index >= 15 is 0 Å². The number of piperidine rings is 1. The highest BCUT2D eigenvalue weighted by Crippen LogP contribution is 2.41. The number of aliphatic hydroxyl groups excluding tert-OH is 1. The van der Waals surface area contributed by atoms with Crippen LogP contribution < -0.4 is 0 Å². The third-order valence-electron chi connectivity index (χ3n) is 6.18. The molecule has 1 aliphatic carbocycles. The quantitative estimate of drug-likeness (QED) is 0.545. The van der Waals surface area contributed by atoms with E-state index < -0.39 is 0 Å². The number of nitrogens with zero attached hydrogens (tertiary/aromatic N) is 1. The second-order valence-corrected chi connectivity index (χ2v) is 8.04. The van der Waals surface area contributed by atoms with Gasteiger partial charge in [-0.05, 0) is 42.9 Å². The van der Waals surface area contributed by atoms with Crippen LogP contribution in [0, 0.1) is 11.8 Å². The van der Waals surface area contributed by atoms with E-state index in [0.717, 1.165) is 24.8 Å². The van der Waals surface area contributed by atoms with Crippen LogP contribution in [0.15, 0.2) is 72.8 Å². The molecule has 3 aliphatic rings. The van der Waals surface area contributed by atoms with Gasteiger partial charge in [-0.2, -0.15) is 0 Å². The zero-order valence-corrected chi connectivity index (χ0v) is 16.7. The van der Waals surface area contributed by atoms with Crippen LogP contribution in [0.25, 0.3) is 0 Å². The molecule has 1 fully saturated rings. The largest absolute Gasteiger partial charge is 0.396 e. The number of fused-ring (bicyclic) bond motifs is 2. The third kappa shape index (κ3) is 4.44. The summed E-state index contributed by atoms with van der Waals surface area (Å²) in [7, 11) is 0. The van der Waals surface area contributed by atoms with E-state index in [1.165, 1.54) is 5.56 Å². The van der Waals surface area contributed by atoms with Crippen LogP contribution in [0.3, 0.4) is 0 Å². The number of rotatable bonds is 8. The molecule has 1 saturated heterocycles. The number of carbonyl (C=O) groups is 1. The highest BCUT2D eigenvalue weighted by atomic mass is 16.5. The Balaban J connectivity index is 1.40. The van der Waals surface area contributed by atoms with E-state index in [0.29, 0.717) is 19.1 Å². The van der Waals surface area contributed by atoms with Crippen LogP contribution in [0.4, 0.5) is 0 Å². The molecule has 4 heteroatoms. The van der Waals surface area contributed by atoms with Crippen molar-refractivity contribution in [2.75, 3.05) is 13.2 Å². The van der Waals surface area contributed by atoms with Gasteiger partial charge in [0.1, 0.15) is 0 Å². The molecule has 2 heterocycles. The highest BCUT2D eigenvalue weighted by Gasteiger charge is 2.45. The first-order chi connectivity index (χ1) is 14.3. The van der Waals surface area contributed by atoms with Gasteiger partial charge in [-0.25, -0.2) is 0 Å². The first-order valence-electron chi connectivity index (χ1n) is 10.6. The maximum absolute atomic E-state index is 13.3. The highest BCUT2D eigenvalue weighted by molar-refractivity contribution is 5.95. The standard InChI is InChI=1S/C25H29NO3/c27-17-22-16-21-13-14-24(22)26(25(28)20-10-5-2-6-11-20)23(21)12-7-15-29-18-19-8-3-1-4-9-19/h1-6,8-11,13-14,21-24,27H,7,12,15-18H2. The summed E-state index contributed by atoms with van der Waals surface area (Å²) in [4.78, 5) is 15.3. The van der Waals surface area contributed by atoms with Gasteiger partial charge in [0.2, 0.25) is 0 Å². The van der Waals surface area contributed by atoms with Gasteiger partial charge >= 0.3 is 0 Å². The molecule has 0 saturated carbocycles. The van der Waals surface area contributed by atoms with Gasteiger partial charge in [0.25, 0.3) is 5.91 Å². The van der Waals surface area contributed by atoms with Crippen molar-refractivity contribution in [3.63, 3.8) is 0 Å². The van der Waals surface area contributed by atoms with Crippen LogP contribution in [0.5, 0.6) is 0 Å². The van der Waals surface area contributed by atoms with Gasteiger partial charge < -0.3 is 14.7 Å². The molecule has 0 spiro atoms. The zero-order chi connectivity index (χ0) is 20.1. The van der Waals surface area contributed by atoms with E-state index in [9.17, 15) is 9.90 Å². The van der Waals surface area contributed by atoms with Gasteiger partial charge in [0, 0.05) is 30.7 Å². The van der Waals surface area contributed by atoms with Gasteiger partial charge in [-0.1, -0.05) is 60.7 Å². The first-order valence-corrected chi connectivity index (χ1v) is 10.6. The van der Waals surface area contributed by atoms with Crippen molar-refractivity contribution < 1.29 is 14.6 Å². The maximum atomic E-state index is 13.3. The average Bonchev–Trinajstić information content (AvgIpc) is 2.79. The molecule has 0 aromatic heterocycles. The van der Waals surface area contributed by atoms with Crippen LogP contribution in [0.1, 0.15) is 35.2 Å². The van der Waals surface area contributed by atoms with Crippen molar-refractivity contribution in [3.05, 3.63) is 83.9 Å². The summed E-state index contributed by atoms with van der Waals surface area (Å²) in [6.07, 6.45) is 7.15. The molecule has 2 aromatic rings. The van der Waals surface area contributed by atoms with Crippen LogP contribution in [-0.2, 0) is 11.3 Å². The Morgan fingerprint density at radius 3 is 2.48 bits per heavy atom. The minimum atomic E-state index is -0.0204. The minimum Gasteiger partial charge on any atom is -0.396 e. The molecule has 1 N–H and O–H groups in total. The lowest BCUT2D eigenvalue weighted by molar-refractivity contribution is 0.000190. The van der Waals surface area contributed by atoms with Crippen molar-refractivity contribution in [1.82, 2.24) is 4.90 Å². The molecule has 4 unspecified atom stereocenters. The van der Waals surface area contributed by atoms with Crippen LogP contribution >= 0.6 is 0 Å². The van der Waals surface area contributed by atoms with Crippen molar-refractivity contribution in [2.24, 2.45) is 11.8 Å². The Bertz CT molecular complexity index is 820. The monoisotopic (exact) mass is 391 g/mol. The van der Waals surface area contributed by atoms with Crippen molar-refractivity contribution >= 4 is 5.91 Å². The normalized spacial score (nSPS) is 25.3. The fraction of sp³-hybridized carbons (Fsp3) is 0.400. The number of carbonyl (C=O) groups excluding carboxylic acids is 1. The summed E-state index contributed by atoms with van der Waals surface area (Å²) in [6.45, 7) is 1.43. The predicted octanol–water partition coefficient (Wildman–Crippen LogP) is 4.06. The van der Waals surface area contributed by atoms with Gasteiger partial charge in [-0.15, -0.1) is 0 Å². The predicted molar refractivity (Wildman–Crippen MR) is 113 cm³/mol. The Morgan fingerprint density at radius 1 is 1.03 bits per heavy atom. The van der Waals surface area contributed by atoms with E-state index in [1.54, 1.807) is 0 Å². The van der Waals surface area contributed by atoms with Gasteiger partial charge in [0.15, 0.2) is 0 Å². The smallest absolute Gasteiger partial charge is 0.254 e. The summed E-state index contributed by atoms with van der Waals surface area (Å²) in [5.74, 6) is 0.500. The Kier molecular flexibility index (Phi) is 6.43. The third-order valence-corrected chi connectivity index (χ3v) is 6.18. The molecule has 4 nitrogen and oxygen atoms in total. The topological polar surface area (TPSA) is 49.8 Å². The van der Waals surface area contributed by atoms with E-state index in [2.05, 4.69) is 24.3 Å². The second-order valence-electron chi connectivity index (χ2n) is 8.04. The summed E-state index contributed by atoms with van der Waals surface area (Å²) >= 11 is 0. The molecular formula is C25H29NO3. The van der Waals surface area contributed by atoms with Crippen molar-refractivity contribution in [3.8, 4) is 0 Å². The summed E-state index contributed by atoms with van der Waals surface area (Å²) < 4.78 is 5.85. The Morgan fingerprint density at radius 2 is 1.76 bits per heavy atom. The number of hydrogen-bond donors (Lipinski definition) is 1. The number of benzene rings is 2. The van der Waals surface area contributed by atoms with Crippen LogP contribution in [-0.4, -0.2) is 41.2 Å². The SMILES string of the molecule is O=C(c1ccccc1)N1C2C=CC(CC2CO)C1CCCOCc1ccccc1. The molecule has 2 aromatic carbocycles.